The van der Waals surface area contributed by atoms with Gasteiger partial charge in [0.2, 0.25) is 11.6 Å². The van der Waals surface area contributed by atoms with Crippen LogP contribution in [0.4, 0.5) is 4.79 Å². The molecule has 11 nitrogen and oxygen atoms in total. The Morgan fingerprint density at radius 1 is 1.43 bits per heavy atom. The number of hydrogen-bond acceptors (Lipinski definition) is 6. The second kappa shape index (κ2) is 5.40. The number of amides is 3. The zero-order chi connectivity index (χ0) is 15.6. The van der Waals surface area contributed by atoms with Gasteiger partial charge in [0, 0.05) is 19.4 Å². The summed E-state index contributed by atoms with van der Waals surface area (Å²) >= 11 is 0. The van der Waals surface area contributed by atoms with Gasteiger partial charge in [0.1, 0.15) is 12.2 Å². The number of carboxylic acids is 1. The maximum Gasteiger partial charge on any atom is 0.358 e. The fourth-order valence-electron chi connectivity index (χ4n) is 1.70. The van der Waals surface area contributed by atoms with E-state index in [9.17, 15) is 14.4 Å². The van der Waals surface area contributed by atoms with Gasteiger partial charge in [-0.25, -0.2) is 19.3 Å². The molecule has 0 bridgehead atoms. The number of imidazole rings is 1. The highest BCUT2D eigenvalue weighted by Gasteiger charge is 2.24. The van der Waals surface area contributed by atoms with Crippen LogP contribution in [0.25, 0.3) is 11.5 Å². The van der Waals surface area contributed by atoms with Gasteiger partial charge in [0.15, 0.2) is 5.82 Å². The zero-order valence-corrected chi connectivity index (χ0v) is 10.8. The van der Waals surface area contributed by atoms with Crippen molar-refractivity contribution in [3.8, 4) is 11.5 Å². The largest absolute Gasteiger partial charge is 0.476 e. The number of nitrogens with two attached hydrogens (primary N) is 1. The van der Waals surface area contributed by atoms with Gasteiger partial charge in [-0.1, -0.05) is 5.21 Å². The van der Waals surface area contributed by atoms with E-state index in [2.05, 4.69) is 15.3 Å². The number of imide groups is 1. The maximum absolute atomic E-state index is 11.5. The number of urea groups is 1. The molecule has 0 radical (unpaired) electrons. The quantitative estimate of drug-likeness (QED) is 0.623. The van der Waals surface area contributed by atoms with E-state index in [1.54, 1.807) is 17.8 Å². The van der Waals surface area contributed by atoms with Gasteiger partial charge in [0.25, 0.3) is 0 Å². The van der Waals surface area contributed by atoms with Gasteiger partial charge >= 0.3 is 12.0 Å². The summed E-state index contributed by atoms with van der Waals surface area (Å²) in [6, 6.07) is -1.02. The number of carbonyl (C=O) groups excluding carboxylic acids is 2. The molecule has 2 heterocycles. The van der Waals surface area contributed by atoms with Crippen LogP contribution >= 0.6 is 0 Å². The number of hydrogen-bond donors (Lipinski definition) is 3. The van der Waals surface area contributed by atoms with Crippen molar-refractivity contribution in [1.82, 2.24) is 29.9 Å². The summed E-state index contributed by atoms with van der Waals surface area (Å²) in [6.45, 7) is -0.425. The summed E-state index contributed by atoms with van der Waals surface area (Å²) in [5.41, 5.74) is 4.53. The molecule has 21 heavy (non-hydrogen) atoms. The number of aryl methyl sites for hydroxylation is 1. The first-order chi connectivity index (χ1) is 9.90. The molecular weight excluding hydrogens is 282 g/mol. The summed E-state index contributed by atoms with van der Waals surface area (Å²) in [6.07, 6.45) is 3.06. The predicted molar refractivity (Wildman–Crippen MR) is 66.9 cm³/mol. The van der Waals surface area contributed by atoms with E-state index < -0.39 is 24.5 Å². The minimum Gasteiger partial charge on any atom is -0.476 e. The molecule has 2 aromatic heterocycles. The first-order valence-corrected chi connectivity index (χ1v) is 5.64. The molecule has 0 fully saturated rings. The fraction of sp³-hybridized carbons (Fsp3) is 0.200. The number of carboxylic acid groups (broad SMARTS) is 1. The van der Waals surface area contributed by atoms with E-state index in [-0.39, 0.29) is 17.2 Å². The first-order valence-electron chi connectivity index (χ1n) is 5.64. The number of aromatic carboxylic acids is 1. The Kier molecular flexibility index (Phi) is 3.65. The molecule has 0 saturated carbocycles. The van der Waals surface area contributed by atoms with Crippen LogP contribution < -0.4 is 11.1 Å². The third-order valence-corrected chi connectivity index (χ3v) is 2.53. The molecule has 0 atom stereocenters. The van der Waals surface area contributed by atoms with Gasteiger partial charge in [-0.05, 0) is 0 Å². The molecule has 110 valence electrons. The number of aromatic nitrogens is 5. The van der Waals surface area contributed by atoms with E-state index in [1.807, 2.05) is 5.32 Å². The van der Waals surface area contributed by atoms with E-state index in [0.717, 1.165) is 4.68 Å². The number of primary amides is 1. The van der Waals surface area contributed by atoms with Crippen molar-refractivity contribution in [1.29, 1.82) is 0 Å². The van der Waals surface area contributed by atoms with E-state index >= 15 is 0 Å². The fourth-order valence-corrected chi connectivity index (χ4v) is 1.70. The molecule has 0 aromatic carbocycles. The van der Waals surface area contributed by atoms with Crippen LogP contribution in [-0.2, 0) is 18.4 Å². The Labute approximate surface area is 117 Å². The summed E-state index contributed by atoms with van der Waals surface area (Å²) in [7, 11) is 1.65. The lowest BCUT2D eigenvalue weighted by Gasteiger charge is -2.06. The molecule has 2 aromatic rings. The smallest absolute Gasteiger partial charge is 0.358 e. The Bertz CT molecular complexity index is 717. The van der Waals surface area contributed by atoms with Gasteiger partial charge in [-0.3, -0.25) is 10.1 Å². The second-order valence-electron chi connectivity index (χ2n) is 4.02. The molecule has 4 N–H and O–H groups in total. The monoisotopic (exact) mass is 293 g/mol. The highest BCUT2D eigenvalue weighted by Crippen LogP contribution is 2.19. The number of nitrogens with zero attached hydrogens (tertiary/aromatic N) is 5. The van der Waals surface area contributed by atoms with Crippen LogP contribution in [0.15, 0.2) is 12.4 Å². The number of rotatable bonds is 4. The van der Waals surface area contributed by atoms with Crippen molar-refractivity contribution in [3.05, 3.63) is 18.1 Å². The van der Waals surface area contributed by atoms with Crippen molar-refractivity contribution in [2.24, 2.45) is 12.8 Å². The van der Waals surface area contributed by atoms with Gasteiger partial charge in [0.05, 0.1) is 0 Å². The van der Waals surface area contributed by atoms with Crippen molar-refractivity contribution >= 4 is 17.9 Å². The standard InChI is InChI=1S/C10H11N7O4/c1-16-3-2-12-8(16)7-6(9(19)20)14-15-17(7)4-5(18)13-10(11)21/h2-3H,4H2,1H3,(H,19,20)(H3,11,13,18,21). The van der Waals surface area contributed by atoms with Crippen LogP contribution in [0.2, 0.25) is 0 Å². The van der Waals surface area contributed by atoms with Crippen molar-refractivity contribution in [2.75, 3.05) is 0 Å². The minimum absolute atomic E-state index is 0.0506. The average Bonchev–Trinajstić information content (AvgIpc) is 2.94. The Morgan fingerprint density at radius 2 is 2.14 bits per heavy atom. The lowest BCUT2D eigenvalue weighted by molar-refractivity contribution is -0.120. The lowest BCUT2D eigenvalue weighted by atomic mass is 10.3. The molecule has 0 aliphatic heterocycles. The number of carbonyl (C=O) groups is 3. The normalized spacial score (nSPS) is 10.3. The maximum atomic E-state index is 11.5. The summed E-state index contributed by atoms with van der Waals surface area (Å²) < 4.78 is 2.58. The molecule has 2 rings (SSSR count). The Morgan fingerprint density at radius 3 is 2.67 bits per heavy atom. The topological polar surface area (TPSA) is 158 Å². The van der Waals surface area contributed by atoms with E-state index in [1.165, 1.54) is 6.20 Å². The highest BCUT2D eigenvalue weighted by molar-refractivity contribution is 5.94. The van der Waals surface area contributed by atoms with Crippen molar-refractivity contribution in [2.45, 2.75) is 6.54 Å². The Hall–Kier alpha value is -3.24. The average molecular weight is 293 g/mol. The van der Waals surface area contributed by atoms with Crippen LogP contribution in [-0.4, -0.2) is 47.6 Å². The van der Waals surface area contributed by atoms with Crippen LogP contribution in [0.5, 0.6) is 0 Å². The lowest BCUT2D eigenvalue weighted by Crippen LogP contribution is -2.37. The SMILES string of the molecule is Cn1ccnc1-c1c(C(=O)O)nnn1CC(=O)NC(N)=O. The third kappa shape index (κ3) is 2.86. The van der Waals surface area contributed by atoms with Gasteiger partial charge < -0.3 is 15.4 Å². The third-order valence-electron chi connectivity index (χ3n) is 2.53. The van der Waals surface area contributed by atoms with Gasteiger partial charge in [-0.2, -0.15) is 0 Å². The van der Waals surface area contributed by atoms with Crippen molar-refractivity contribution in [3.63, 3.8) is 0 Å². The molecular formula is C10H11N7O4. The number of nitrogens with one attached hydrogen (secondary N) is 1. The molecule has 0 aliphatic rings. The molecule has 11 heteroatoms. The van der Waals surface area contributed by atoms with Crippen LogP contribution in [0.1, 0.15) is 10.5 Å². The predicted octanol–water partition coefficient (Wildman–Crippen LogP) is -1.43. The van der Waals surface area contributed by atoms with Gasteiger partial charge in [-0.15, -0.1) is 5.10 Å². The molecule has 0 spiro atoms. The zero-order valence-electron chi connectivity index (χ0n) is 10.8. The minimum atomic E-state index is -1.31. The second-order valence-corrected chi connectivity index (χ2v) is 4.02. The first kappa shape index (κ1) is 14.2. The van der Waals surface area contributed by atoms with Crippen LogP contribution in [0.3, 0.4) is 0 Å². The molecule has 0 unspecified atom stereocenters. The highest BCUT2D eigenvalue weighted by atomic mass is 16.4. The summed E-state index contributed by atoms with van der Waals surface area (Å²) in [4.78, 5) is 37.3. The van der Waals surface area contributed by atoms with E-state index in [4.69, 9.17) is 10.8 Å². The van der Waals surface area contributed by atoms with E-state index in [0.29, 0.717) is 0 Å². The molecule has 0 saturated heterocycles. The molecule has 0 aliphatic carbocycles. The Balaban J connectivity index is 2.43. The van der Waals surface area contributed by atoms with Crippen molar-refractivity contribution < 1.29 is 19.5 Å². The molecule has 3 amide bonds. The van der Waals surface area contributed by atoms with Crippen LogP contribution in [0, 0.1) is 0 Å². The summed E-state index contributed by atoms with van der Waals surface area (Å²) in [5.74, 6) is -1.79. The summed E-state index contributed by atoms with van der Waals surface area (Å²) in [5, 5.41) is 18.1.